The van der Waals surface area contributed by atoms with E-state index in [-0.39, 0.29) is 0 Å². The number of rotatable bonds is 4. The number of nitrogens with zero attached hydrogens (tertiary/aromatic N) is 2. The van der Waals surface area contributed by atoms with Gasteiger partial charge in [0.2, 0.25) is 0 Å². The highest BCUT2D eigenvalue weighted by Crippen LogP contribution is 2.32. The monoisotopic (exact) mass is 296 g/mol. The van der Waals surface area contributed by atoms with Gasteiger partial charge in [0.15, 0.2) is 5.13 Å². The Morgan fingerprint density at radius 2 is 1.95 bits per heavy atom. The predicted octanol–water partition coefficient (Wildman–Crippen LogP) is 3.66. The van der Waals surface area contributed by atoms with Gasteiger partial charge in [-0.1, -0.05) is 25.7 Å². The molecule has 1 aromatic heterocycles. The quantitative estimate of drug-likeness (QED) is 0.861. The molecule has 20 heavy (non-hydrogen) atoms. The molecule has 1 N–H and O–H groups in total. The first kappa shape index (κ1) is 15.3. The summed E-state index contributed by atoms with van der Waals surface area (Å²) in [5.41, 5.74) is -0.260. The average molecular weight is 296 g/mol. The van der Waals surface area contributed by atoms with E-state index in [1.165, 1.54) is 38.5 Å². The van der Waals surface area contributed by atoms with E-state index in [9.17, 15) is 9.90 Å². The molecule has 1 aromatic rings. The summed E-state index contributed by atoms with van der Waals surface area (Å²) in [6, 6.07) is 0.546. The van der Waals surface area contributed by atoms with Crippen molar-refractivity contribution < 1.29 is 9.90 Å². The topological polar surface area (TPSA) is 53.4 Å². The third-order valence-electron chi connectivity index (χ3n) is 4.34. The van der Waals surface area contributed by atoms with Crippen molar-refractivity contribution in [2.45, 2.75) is 63.8 Å². The van der Waals surface area contributed by atoms with E-state index in [4.69, 9.17) is 0 Å². The highest BCUT2D eigenvalue weighted by atomic mass is 32.1. The maximum absolute atomic E-state index is 11.3. The third-order valence-corrected chi connectivity index (χ3v) is 5.27. The molecule has 0 aliphatic heterocycles. The predicted molar refractivity (Wildman–Crippen MR) is 82.7 cm³/mol. The van der Waals surface area contributed by atoms with E-state index in [0.29, 0.717) is 11.7 Å². The number of hydrogen-bond acceptors (Lipinski definition) is 4. The van der Waals surface area contributed by atoms with Crippen LogP contribution in [0.2, 0.25) is 0 Å². The lowest BCUT2D eigenvalue weighted by Crippen LogP contribution is -2.32. The molecule has 1 fully saturated rings. The standard InChI is InChI=1S/C15H24N2O2S/c1-15(2,13(18)19)12-10-20-14(16-12)17(3)11-8-6-4-5-7-9-11/h10-11H,4-9H2,1-3H3,(H,18,19). The maximum Gasteiger partial charge on any atom is 0.315 e. The second-order valence-corrected chi connectivity index (χ2v) is 7.04. The van der Waals surface area contributed by atoms with Crippen LogP contribution >= 0.6 is 11.3 Å². The molecule has 1 saturated carbocycles. The van der Waals surface area contributed by atoms with Gasteiger partial charge in [-0.3, -0.25) is 4.79 Å². The summed E-state index contributed by atoms with van der Waals surface area (Å²) in [6.07, 6.45) is 7.67. The molecule has 0 bridgehead atoms. The van der Waals surface area contributed by atoms with E-state index >= 15 is 0 Å². The number of aliphatic carboxylic acids is 1. The minimum Gasteiger partial charge on any atom is -0.481 e. The van der Waals surface area contributed by atoms with Crippen molar-refractivity contribution in [2.24, 2.45) is 0 Å². The van der Waals surface area contributed by atoms with Gasteiger partial charge in [-0.25, -0.2) is 4.98 Å². The molecule has 0 saturated heterocycles. The molecule has 1 heterocycles. The molecule has 112 valence electrons. The largest absolute Gasteiger partial charge is 0.481 e. The minimum absolute atomic E-state index is 0.546. The fourth-order valence-corrected chi connectivity index (χ4v) is 3.65. The molecule has 2 rings (SSSR count). The van der Waals surface area contributed by atoms with Crippen molar-refractivity contribution in [3.63, 3.8) is 0 Å². The van der Waals surface area contributed by atoms with E-state index < -0.39 is 11.4 Å². The summed E-state index contributed by atoms with van der Waals surface area (Å²) in [7, 11) is 2.09. The molecule has 1 aliphatic carbocycles. The van der Waals surface area contributed by atoms with Gasteiger partial charge in [0.05, 0.1) is 5.69 Å². The van der Waals surface area contributed by atoms with Crippen LogP contribution in [0.25, 0.3) is 0 Å². The zero-order chi connectivity index (χ0) is 14.8. The number of carboxylic acids is 1. The number of carbonyl (C=O) groups is 1. The lowest BCUT2D eigenvalue weighted by atomic mass is 9.90. The fraction of sp³-hybridized carbons (Fsp3) is 0.733. The van der Waals surface area contributed by atoms with Crippen LogP contribution in [0.5, 0.6) is 0 Å². The molecule has 0 unspecified atom stereocenters. The Kier molecular flexibility index (Phi) is 4.68. The lowest BCUT2D eigenvalue weighted by Gasteiger charge is -2.26. The first-order valence-electron chi connectivity index (χ1n) is 7.35. The third kappa shape index (κ3) is 3.14. The number of aromatic nitrogens is 1. The van der Waals surface area contributed by atoms with Gasteiger partial charge >= 0.3 is 5.97 Å². The van der Waals surface area contributed by atoms with Crippen LogP contribution in [-0.4, -0.2) is 29.1 Å². The van der Waals surface area contributed by atoms with E-state index in [0.717, 1.165) is 5.13 Å². The van der Waals surface area contributed by atoms with Crippen LogP contribution in [0.1, 0.15) is 58.1 Å². The Hall–Kier alpha value is -1.10. The minimum atomic E-state index is -0.918. The van der Waals surface area contributed by atoms with Crippen LogP contribution in [0, 0.1) is 0 Å². The highest BCUT2D eigenvalue weighted by molar-refractivity contribution is 7.13. The number of carboxylic acid groups (broad SMARTS) is 1. The average Bonchev–Trinajstić information content (AvgIpc) is 2.75. The first-order valence-corrected chi connectivity index (χ1v) is 8.23. The van der Waals surface area contributed by atoms with Crippen LogP contribution < -0.4 is 4.90 Å². The molecule has 0 radical (unpaired) electrons. The van der Waals surface area contributed by atoms with Gasteiger partial charge in [-0.15, -0.1) is 11.3 Å². The van der Waals surface area contributed by atoms with Gasteiger partial charge in [-0.05, 0) is 26.7 Å². The smallest absolute Gasteiger partial charge is 0.315 e. The number of thiazole rings is 1. The van der Waals surface area contributed by atoms with E-state index in [2.05, 4.69) is 16.9 Å². The maximum atomic E-state index is 11.3. The Morgan fingerprint density at radius 1 is 1.35 bits per heavy atom. The lowest BCUT2D eigenvalue weighted by molar-refractivity contribution is -0.142. The molecule has 5 heteroatoms. The van der Waals surface area contributed by atoms with Crippen LogP contribution in [-0.2, 0) is 10.2 Å². The SMILES string of the molecule is CN(c1nc(C(C)(C)C(=O)O)cs1)C1CCCCCC1. The second-order valence-electron chi connectivity index (χ2n) is 6.20. The second kappa shape index (κ2) is 6.12. The number of anilines is 1. The molecular weight excluding hydrogens is 272 g/mol. The first-order chi connectivity index (χ1) is 9.43. The van der Waals surface area contributed by atoms with Gasteiger partial charge in [0.1, 0.15) is 5.41 Å². The zero-order valence-electron chi connectivity index (χ0n) is 12.6. The molecule has 1 aliphatic rings. The van der Waals surface area contributed by atoms with Crippen molar-refractivity contribution in [1.29, 1.82) is 0 Å². The van der Waals surface area contributed by atoms with E-state index in [1.807, 2.05) is 5.38 Å². The number of hydrogen-bond donors (Lipinski definition) is 1. The van der Waals surface area contributed by atoms with E-state index in [1.54, 1.807) is 25.2 Å². The summed E-state index contributed by atoms with van der Waals surface area (Å²) in [5.74, 6) is -0.827. The van der Waals surface area contributed by atoms with Gasteiger partial charge in [0.25, 0.3) is 0 Å². The van der Waals surface area contributed by atoms with Crippen molar-refractivity contribution >= 4 is 22.4 Å². The Morgan fingerprint density at radius 3 is 2.50 bits per heavy atom. The summed E-state index contributed by atoms with van der Waals surface area (Å²) in [4.78, 5) is 18.1. The van der Waals surface area contributed by atoms with Crippen molar-refractivity contribution in [2.75, 3.05) is 11.9 Å². The molecule has 0 aromatic carbocycles. The van der Waals surface area contributed by atoms with Crippen LogP contribution in [0.4, 0.5) is 5.13 Å². The molecule has 0 amide bonds. The van der Waals surface area contributed by atoms with Gasteiger partial charge in [0, 0.05) is 18.5 Å². The molecule has 4 nitrogen and oxygen atoms in total. The molecule has 0 spiro atoms. The van der Waals surface area contributed by atoms with Crippen molar-refractivity contribution in [3.05, 3.63) is 11.1 Å². The summed E-state index contributed by atoms with van der Waals surface area (Å²) in [5, 5.41) is 12.1. The summed E-state index contributed by atoms with van der Waals surface area (Å²) < 4.78 is 0. The molecule has 0 atom stereocenters. The van der Waals surface area contributed by atoms with Crippen molar-refractivity contribution in [3.8, 4) is 0 Å². The Labute approximate surface area is 124 Å². The van der Waals surface area contributed by atoms with Crippen LogP contribution in [0.15, 0.2) is 5.38 Å². The fourth-order valence-electron chi connectivity index (χ4n) is 2.62. The van der Waals surface area contributed by atoms with Crippen LogP contribution in [0.3, 0.4) is 0 Å². The Balaban J connectivity index is 2.13. The summed E-state index contributed by atoms with van der Waals surface area (Å²) in [6.45, 7) is 3.42. The van der Waals surface area contributed by atoms with Crippen molar-refractivity contribution in [1.82, 2.24) is 4.98 Å². The normalized spacial score (nSPS) is 17.8. The Bertz CT molecular complexity index is 462. The van der Waals surface area contributed by atoms with Gasteiger partial charge < -0.3 is 10.0 Å². The highest BCUT2D eigenvalue weighted by Gasteiger charge is 2.33. The summed E-state index contributed by atoms with van der Waals surface area (Å²) >= 11 is 1.55. The molecular formula is C15H24N2O2S. The van der Waals surface area contributed by atoms with Gasteiger partial charge in [-0.2, -0.15) is 0 Å². The zero-order valence-corrected chi connectivity index (χ0v) is 13.4.